The summed E-state index contributed by atoms with van der Waals surface area (Å²) >= 11 is 0. The van der Waals surface area contributed by atoms with Crippen molar-refractivity contribution in [2.24, 2.45) is 0 Å². The van der Waals surface area contributed by atoms with Crippen LogP contribution in [0.15, 0.2) is 96.0 Å². The van der Waals surface area contributed by atoms with Crippen LogP contribution in [-0.4, -0.2) is 19.3 Å². The number of fused-ring (bicyclic) bond motifs is 1. The highest BCUT2D eigenvalue weighted by Crippen LogP contribution is 2.22. The van der Waals surface area contributed by atoms with E-state index < -0.39 is 10.0 Å². The van der Waals surface area contributed by atoms with Gasteiger partial charge >= 0.3 is 0 Å². The second-order valence-corrected chi connectivity index (χ2v) is 8.43. The van der Waals surface area contributed by atoms with Gasteiger partial charge in [-0.1, -0.05) is 36.4 Å². The number of carbonyl (C=O) groups excluding carboxylic acids is 1. The van der Waals surface area contributed by atoms with Crippen molar-refractivity contribution in [1.82, 2.24) is 9.71 Å². The summed E-state index contributed by atoms with van der Waals surface area (Å²) in [5.41, 5.74) is 2.72. The van der Waals surface area contributed by atoms with E-state index in [1.165, 1.54) is 0 Å². The number of nitrogens with zero attached hydrogens (tertiary/aromatic N) is 1. The van der Waals surface area contributed by atoms with Gasteiger partial charge in [-0.25, -0.2) is 13.1 Å². The molecule has 6 nitrogen and oxygen atoms in total. The minimum absolute atomic E-state index is 0.133. The zero-order chi connectivity index (χ0) is 21.0. The highest BCUT2D eigenvalue weighted by Gasteiger charge is 2.13. The van der Waals surface area contributed by atoms with Crippen LogP contribution < -0.4 is 10.0 Å². The molecule has 7 heteroatoms. The molecule has 0 saturated heterocycles. The van der Waals surface area contributed by atoms with Crippen molar-refractivity contribution in [3.63, 3.8) is 0 Å². The predicted octanol–water partition coefficient (Wildman–Crippen LogP) is 3.97. The normalized spacial score (nSPS) is 11.3. The number of aromatic nitrogens is 1. The van der Waals surface area contributed by atoms with Crippen LogP contribution in [0, 0.1) is 0 Å². The number of benzene rings is 3. The fourth-order valence-electron chi connectivity index (χ4n) is 3.04. The lowest BCUT2D eigenvalue weighted by atomic mass is 10.1. The molecule has 0 spiro atoms. The van der Waals surface area contributed by atoms with Gasteiger partial charge in [0.2, 0.25) is 10.0 Å². The molecule has 30 heavy (non-hydrogen) atoms. The SMILES string of the molecule is O=C(Nc1cccc2ncccc12)c1ccc(CNS(=O)(=O)c2ccccc2)cc1. The van der Waals surface area contributed by atoms with Gasteiger partial charge in [-0.15, -0.1) is 0 Å². The summed E-state index contributed by atoms with van der Waals surface area (Å²) in [5.74, 6) is -0.247. The Balaban J connectivity index is 1.44. The van der Waals surface area contributed by atoms with E-state index in [9.17, 15) is 13.2 Å². The number of hydrogen-bond acceptors (Lipinski definition) is 4. The number of nitrogens with one attached hydrogen (secondary N) is 2. The summed E-state index contributed by atoms with van der Waals surface area (Å²) in [7, 11) is -3.58. The van der Waals surface area contributed by atoms with Crippen LogP contribution in [0.3, 0.4) is 0 Å². The van der Waals surface area contributed by atoms with Crippen molar-refractivity contribution in [2.45, 2.75) is 11.4 Å². The molecule has 0 atom stereocenters. The summed E-state index contributed by atoms with van der Waals surface area (Å²) in [4.78, 5) is 17.1. The van der Waals surface area contributed by atoms with E-state index in [0.29, 0.717) is 11.3 Å². The number of hydrogen-bond donors (Lipinski definition) is 2. The third-order valence-electron chi connectivity index (χ3n) is 4.63. The summed E-state index contributed by atoms with van der Waals surface area (Å²) in [6.45, 7) is 0.133. The second kappa shape index (κ2) is 8.44. The molecule has 2 N–H and O–H groups in total. The molecular weight excluding hydrogens is 398 g/mol. The second-order valence-electron chi connectivity index (χ2n) is 6.66. The Morgan fingerprint density at radius 1 is 0.833 bits per heavy atom. The average Bonchev–Trinajstić information content (AvgIpc) is 2.79. The van der Waals surface area contributed by atoms with Gasteiger partial charge in [0.1, 0.15) is 0 Å². The monoisotopic (exact) mass is 417 g/mol. The largest absolute Gasteiger partial charge is 0.321 e. The van der Waals surface area contributed by atoms with Gasteiger partial charge in [-0.3, -0.25) is 9.78 Å². The zero-order valence-corrected chi connectivity index (χ0v) is 16.8. The van der Waals surface area contributed by atoms with Crippen LogP contribution >= 0.6 is 0 Å². The van der Waals surface area contributed by atoms with Crippen LogP contribution in [-0.2, 0) is 16.6 Å². The van der Waals surface area contributed by atoms with Gasteiger partial charge in [0, 0.05) is 23.7 Å². The van der Waals surface area contributed by atoms with Crippen LogP contribution in [0.2, 0.25) is 0 Å². The zero-order valence-electron chi connectivity index (χ0n) is 15.9. The topological polar surface area (TPSA) is 88.2 Å². The Morgan fingerprint density at radius 3 is 2.37 bits per heavy atom. The van der Waals surface area contributed by atoms with Crippen LogP contribution in [0.1, 0.15) is 15.9 Å². The van der Waals surface area contributed by atoms with Gasteiger partial charge in [0.15, 0.2) is 0 Å². The molecule has 0 radical (unpaired) electrons. The maximum atomic E-state index is 12.6. The summed E-state index contributed by atoms with van der Waals surface area (Å²) in [5, 5.41) is 3.77. The summed E-state index contributed by atoms with van der Waals surface area (Å²) < 4.78 is 27.2. The number of amides is 1. The molecule has 0 unspecified atom stereocenters. The van der Waals surface area contributed by atoms with E-state index in [1.54, 1.807) is 60.8 Å². The van der Waals surface area contributed by atoms with E-state index in [4.69, 9.17) is 0 Å². The van der Waals surface area contributed by atoms with Crippen molar-refractivity contribution in [3.8, 4) is 0 Å². The molecule has 4 rings (SSSR count). The first-order valence-corrected chi connectivity index (χ1v) is 10.8. The molecule has 1 amide bonds. The number of carbonyl (C=O) groups is 1. The molecule has 1 aromatic heterocycles. The molecule has 4 aromatic rings. The highest BCUT2D eigenvalue weighted by molar-refractivity contribution is 7.89. The molecular formula is C23H19N3O3S. The van der Waals surface area contributed by atoms with Crippen molar-refractivity contribution >= 4 is 32.5 Å². The standard InChI is InChI=1S/C23H19N3O3S/c27-23(26-22-10-4-9-21-20(22)8-5-15-24-21)18-13-11-17(12-14-18)16-25-30(28,29)19-6-2-1-3-7-19/h1-15,25H,16H2,(H,26,27). The third-order valence-corrected chi connectivity index (χ3v) is 6.05. The van der Waals surface area contributed by atoms with Crippen LogP contribution in [0.5, 0.6) is 0 Å². The molecule has 0 fully saturated rings. The molecule has 0 saturated carbocycles. The highest BCUT2D eigenvalue weighted by atomic mass is 32.2. The molecule has 0 aliphatic rings. The molecule has 0 bridgehead atoms. The van der Waals surface area contributed by atoms with Crippen LogP contribution in [0.4, 0.5) is 5.69 Å². The van der Waals surface area contributed by atoms with E-state index in [2.05, 4.69) is 15.0 Å². The minimum Gasteiger partial charge on any atom is -0.321 e. The van der Waals surface area contributed by atoms with Crippen molar-refractivity contribution in [1.29, 1.82) is 0 Å². The first-order chi connectivity index (χ1) is 14.5. The minimum atomic E-state index is -3.58. The molecule has 150 valence electrons. The molecule has 1 heterocycles. The quantitative estimate of drug-likeness (QED) is 0.497. The Bertz CT molecular complexity index is 1280. The maximum Gasteiger partial charge on any atom is 0.255 e. The van der Waals surface area contributed by atoms with E-state index in [0.717, 1.165) is 16.5 Å². The molecule has 0 aliphatic carbocycles. The Morgan fingerprint density at radius 2 is 1.60 bits per heavy atom. The number of anilines is 1. The predicted molar refractivity (Wildman–Crippen MR) is 117 cm³/mol. The maximum absolute atomic E-state index is 12.6. The van der Waals surface area contributed by atoms with Gasteiger partial charge in [-0.05, 0) is 54.1 Å². The Hall–Kier alpha value is -3.55. The van der Waals surface area contributed by atoms with Crippen molar-refractivity contribution < 1.29 is 13.2 Å². The van der Waals surface area contributed by atoms with E-state index in [-0.39, 0.29) is 17.3 Å². The van der Waals surface area contributed by atoms with E-state index >= 15 is 0 Å². The molecule has 3 aromatic carbocycles. The average molecular weight is 417 g/mol. The number of rotatable bonds is 6. The lowest BCUT2D eigenvalue weighted by molar-refractivity contribution is 0.102. The fourth-order valence-corrected chi connectivity index (χ4v) is 4.08. The van der Waals surface area contributed by atoms with Crippen LogP contribution in [0.25, 0.3) is 10.9 Å². The van der Waals surface area contributed by atoms with Gasteiger partial charge in [-0.2, -0.15) is 0 Å². The lowest BCUT2D eigenvalue weighted by Gasteiger charge is -2.10. The summed E-state index contributed by atoms with van der Waals surface area (Å²) in [6.07, 6.45) is 1.71. The number of pyridine rings is 1. The van der Waals surface area contributed by atoms with E-state index in [1.807, 2.05) is 30.3 Å². The van der Waals surface area contributed by atoms with Gasteiger partial charge in [0.05, 0.1) is 16.1 Å². The first kappa shape index (κ1) is 19.8. The fraction of sp³-hybridized carbons (Fsp3) is 0.0435. The first-order valence-electron chi connectivity index (χ1n) is 9.32. The Labute approximate surface area is 174 Å². The number of sulfonamides is 1. The summed E-state index contributed by atoms with van der Waals surface area (Å²) in [6, 6.07) is 24.3. The third kappa shape index (κ3) is 4.37. The van der Waals surface area contributed by atoms with Crippen molar-refractivity contribution in [3.05, 3.63) is 102 Å². The van der Waals surface area contributed by atoms with Gasteiger partial charge in [0.25, 0.3) is 5.91 Å². The van der Waals surface area contributed by atoms with Crippen molar-refractivity contribution in [2.75, 3.05) is 5.32 Å². The Kier molecular flexibility index (Phi) is 5.56. The molecule has 0 aliphatic heterocycles. The lowest BCUT2D eigenvalue weighted by Crippen LogP contribution is -2.23. The van der Waals surface area contributed by atoms with Gasteiger partial charge < -0.3 is 5.32 Å². The smallest absolute Gasteiger partial charge is 0.255 e.